The molecule has 1 atom stereocenters. The molecule has 0 aromatic carbocycles. The maximum absolute atomic E-state index is 12.0. The van der Waals surface area contributed by atoms with E-state index >= 15 is 0 Å². The van der Waals surface area contributed by atoms with Crippen LogP contribution in [0.5, 0.6) is 0 Å². The predicted octanol–water partition coefficient (Wildman–Crippen LogP) is 2.57. The van der Waals surface area contributed by atoms with Crippen LogP contribution in [0.15, 0.2) is 0 Å². The number of hydrogen-bond donors (Lipinski definition) is 1. The lowest BCUT2D eigenvalue weighted by molar-refractivity contribution is -0.156. The summed E-state index contributed by atoms with van der Waals surface area (Å²) in [5.41, 5.74) is -0.739. The molecule has 1 rings (SSSR count). The molecule has 0 aromatic heterocycles. The Hall–Kier alpha value is -1.79. The predicted molar refractivity (Wildman–Crippen MR) is 83.0 cm³/mol. The normalized spacial score (nSPS) is 17.2. The Balaban J connectivity index is 2.61. The molecule has 1 fully saturated rings. The van der Waals surface area contributed by atoms with Crippen LogP contribution in [0.1, 0.15) is 59.3 Å². The second-order valence-electron chi connectivity index (χ2n) is 6.90. The van der Waals surface area contributed by atoms with Gasteiger partial charge in [-0.25, -0.2) is 9.59 Å². The molecular weight excluding hydrogens is 302 g/mol. The Bertz CT molecular complexity index is 436. The molecule has 7 heteroatoms. The first-order valence-electron chi connectivity index (χ1n) is 7.98. The second kappa shape index (κ2) is 8.17. The smallest absolute Gasteiger partial charge is 0.410 e. The zero-order chi connectivity index (χ0) is 17.6. The Kier molecular flexibility index (Phi) is 6.84. The summed E-state index contributed by atoms with van der Waals surface area (Å²) in [6.07, 6.45) is 3.47. The highest BCUT2D eigenvalue weighted by Crippen LogP contribution is 2.21. The fraction of sp³-hybridized carbons (Fsp3) is 0.812. The van der Waals surface area contributed by atoms with E-state index in [0.29, 0.717) is 0 Å². The lowest BCUT2D eigenvalue weighted by Gasteiger charge is -2.28. The summed E-state index contributed by atoms with van der Waals surface area (Å²) < 4.78 is 10.5. The van der Waals surface area contributed by atoms with Gasteiger partial charge >= 0.3 is 18.0 Å². The standard InChI is InChI=1S/C16H27NO6/c1-16(2,3)23-15(21)17(4)12(14(19)20)10-13(18)22-11-8-6-5-7-9-11/h11-12H,5-10H2,1-4H3,(H,19,20)/t12-/m0/s1. The van der Waals surface area contributed by atoms with E-state index < -0.39 is 29.7 Å². The number of carboxylic acid groups (broad SMARTS) is 1. The highest BCUT2D eigenvalue weighted by Gasteiger charge is 2.33. The number of aliphatic carboxylic acids is 1. The van der Waals surface area contributed by atoms with E-state index in [4.69, 9.17) is 9.47 Å². The first-order valence-corrected chi connectivity index (χ1v) is 7.98. The Morgan fingerprint density at radius 1 is 1.17 bits per heavy atom. The lowest BCUT2D eigenvalue weighted by Crippen LogP contribution is -2.46. The molecule has 132 valence electrons. The molecule has 1 amide bonds. The highest BCUT2D eigenvalue weighted by molar-refractivity contribution is 5.85. The zero-order valence-electron chi connectivity index (χ0n) is 14.3. The van der Waals surface area contributed by atoms with Crippen molar-refractivity contribution in [3.05, 3.63) is 0 Å². The molecule has 0 saturated heterocycles. The Labute approximate surface area is 136 Å². The van der Waals surface area contributed by atoms with Crippen LogP contribution in [0, 0.1) is 0 Å². The molecule has 0 spiro atoms. The minimum absolute atomic E-state index is 0.141. The van der Waals surface area contributed by atoms with E-state index in [1.807, 2.05) is 0 Å². The zero-order valence-corrected chi connectivity index (χ0v) is 14.3. The molecule has 1 aliphatic carbocycles. The van der Waals surface area contributed by atoms with Crippen LogP contribution < -0.4 is 0 Å². The maximum atomic E-state index is 12.0. The molecule has 0 radical (unpaired) electrons. The Morgan fingerprint density at radius 2 is 1.74 bits per heavy atom. The molecule has 7 nitrogen and oxygen atoms in total. The van der Waals surface area contributed by atoms with Crippen LogP contribution in [0.25, 0.3) is 0 Å². The average Bonchev–Trinajstić information content (AvgIpc) is 2.43. The van der Waals surface area contributed by atoms with Crippen molar-refractivity contribution >= 4 is 18.0 Å². The first kappa shape index (κ1) is 19.3. The van der Waals surface area contributed by atoms with Gasteiger partial charge < -0.3 is 14.6 Å². The molecule has 0 aromatic rings. The van der Waals surface area contributed by atoms with Crippen molar-refractivity contribution in [3.63, 3.8) is 0 Å². The van der Waals surface area contributed by atoms with E-state index in [2.05, 4.69) is 0 Å². The molecular formula is C16H27NO6. The molecule has 0 bridgehead atoms. The minimum atomic E-state index is -1.30. The molecule has 23 heavy (non-hydrogen) atoms. The molecule has 1 aliphatic rings. The van der Waals surface area contributed by atoms with E-state index in [0.717, 1.165) is 37.0 Å². The average molecular weight is 329 g/mol. The monoisotopic (exact) mass is 329 g/mol. The van der Waals surface area contributed by atoms with Crippen molar-refractivity contribution in [1.82, 2.24) is 4.90 Å². The van der Waals surface area contributed by atoms with Gasteiger partial charge in [-0.05, 0) is 46.5 Å². The van der Waals surface area contributed by atoms with Crippen LogP contribution in [-0.4, -0.2) is 52.8 Å². The Morgan fingerprint density at radius 3 is 2.22 bits per heavy atom. The van der Waals surface area contributed by atoms with Crippen molar-refractivity contribution in [2.75, 3.05) is 7.05 Å². The molecule has 1 N–H and O–H groups in total. The van der Waals surface area contributed by atoms with E-state index in [1.165, 1.54) is 7.05 Å². The van der Waals surface area contributed by atoms with Gasteiger partial charge in [-0.1, -0.05) is 6.42 Å². The SMILES string of the molecule is CN(C(=O)OC(C)(C)C)[C@@H](CC(=O)OC1CCCCC1)C(=O)O. The fourth-order valence-corrected chi connectivity index (χ4v) is 2.43. The topological polar surface area (TPSA) is 93.1 Å². The van der Waals surface area contributed by atoms with Crippen LogP contribution in [-0.2, 0) is 19.1 Å². The first-order chi connectivity index (χ1) is 10.6. The van der Waals surface area contributed by atoms with Crippen molar-refractivity contribution in [2.45, 2.75) is 77.0 Å². The third kappa shape index (κ3) is 6.88. The third-order valence-electron chi connectivity index (χ3n) is 3.64. The van der Waals surface area contributed by atoms with Gasteiger partial charge in [0.1, 0.15) is 17.7 Å². The van der Waals surface area contributed by atoms with Gasteiger partial charge in [0.25, 0.3) is 0 Å². The van der Waals surface area contributed by atoms with Crippen molar-refractivity contribution in [1.29, 1.82) is 0 Å². The van der Waals surface area contributed by atoms with Gasteiger partial charge in [0.2, 0.25) is 0 Å². The van der Waals surface area contributed by atoms with Crippen molar-refractivity contribution in [3.8, 4) is 0 Å². The van der Waals surface area contributed by atoms with Gasteiger partial charge in [0.05, 0.1) is 6.42 Å². The lowest BCUT2D eigenvalue weighted by atomic mass is 9.98. The number of amides is 1. The van der Waals surface area contributed by atoms with Gasteiger partial charge in [-0.15, -0.1) is 0 Å². The number of likely N-dealkylation sites (N-methyl/N-ethyl adjacent to an activating group) is 1. The van der Waals surface area contributed by atoms with Crippen LogP contribution in [0.3, 0.4) is 0 Å². The van der Waals surface area contributed by atoms with Crippen LogP contribution >= 0.6 is 0 Å². The minimum Gasteiger partial charge on any atom is -0.480 e. The van der Waals surface area contributed by atoms with E-state index in [9.17, 15) is 19.5 Å². The third-order valence-corrected chi connectivity index (χ3v) is 3.64. The van der Waals surface area contributed by atoms with Gasteiger partial charge in [-0.2, -0.15) is 0 Å². The summed E-state index contributed by atoms with van der Waals surface area (Å²) in [5.74, 6) is -1.86. The summed E-state index contributed by atoms with van der Waals surface area (Å²) >= 11 is 0. The van der Waals surface area contributed by atoms with E-state index in [1.54, 1.807) is 20.8 Å². The number of ether oxygens (including phenoxy) is 2. The summed E-state index contributed by atoms with van der Waals surface area (Å²) in [5, 5.41) is 9.29. The quantitative estimate of drug-likeness (QED) is 0.779. The number of esters is 1. The molecule has 0 unspecified atom stereocenters. The molecule has 1 saturated carbocycles. The number of carboxylic acids is 1. The van der Waals surface area contributed by atoms with Gasteiger partial charge in [0, 0.05) is 7.05 Å². The maximum Gasteiger partial charge on any atom is 0.410 e. The fourth-order valence-electron chi connectivity index (χ4n) is 2.43. The molecule has 0 heterocycles. The van der Waals surface area contributed by atoms with Crippen LogP contribution in [0.4, 0.5) is 4.79 Å². The number of nitrogens with zero attached hydrogens (tertiary/aromatic N) is 1. The van der Waals surface area contributed by atoms with Crippen LogP contribution in [0.2, 0.25) is 0 Å². The number of hydrogen-bond acceptors (Lipinski definition) is 5. The second-order valence-corrected chi connectivity index (χ2v) is 6.90. The number of carbonyl (C=O) groups excluding carboxylic acids is 2. The van der Waals surface area contributed by atoms with Crippen molar-refractivity contribution < 1.29 is 29.0 Å². The number of rotatable bonds is 5. The van der Waals surface area contributed by atoms with Crippen molar-refractivity contribution in [2.24, 2.45) is 0 Å². The summed E-state index contributed by atoms with van der Waals surface area (Å²) in [6, 6.07) is -1.30. The summed E-state index contributed by atoms with van der Waals surface area (Å²) in [4.78, 5) is 36.2. The van der Waals surface area contributed by atoms with Gasteiger partial charge in [0.15, 0.2) is 0 Å². The highest BCUT2D eigenvalue weighted by atomic mass is 16.6. The van der Waals surface area contributed by atoms with E-state index in [-0.39, 0.29) is 12.5 Å². The van der Waals surface area contributed by atoms with Gasteiger partial charge in [-0.3, -0.25) is 9.69 Å². The number of carbonyl (C=O) groups is 3. The summed E-state index contributed by atoms with van der Waals surface area (Å²) in [6.45, 7) is 5.06. The molecule has 0 aliphatic heterocycles. The largest absolute Gasteiger partial charge is 0.480 e. The summed E-state index contributed by atoms with van der Waals surface area (Å²) in [7, 11) is 1.31.